The van der Waals surface area contributed by atoms with Crippen molar-refractivity contribution in [2.45, 2.75) is 12.8 Å². The minimum Gasteiger partial charge on any atom is -0.364 e. The number of ketones is 2. The lowest BCUT2D eigenvalue weighted by Crippen LogP contribution is -2.17. The van der Waals surface area contributed by atoms with Gasteiger partial charge in [0.15, 0.2) is 0 Å². The fraction of sp³-hybridized carbons (Fsp3) is 0.125. The Balaban J connectivity index is 1.67. The van der Waals surface area contributed by atoms with Gasteiger partial charge in [0.1, 0.15) is 12.1 Å². The first-order valence-corrected chi connectivity index (χ1v) is 6.96. The summed E-state index contributed by atoms with van der Waals surface area (Å²) in [5.41, 5.74) is 1.98. The number of aromatic amines is 2. The summed E-state index contributed by atoms with van der Waals surface area (Å²) < 4.78 is 13.6. The first-order chi connectivity index (χ1) is 11.1. The number of nitrogens with one attached hydrogen (secondary N) is 2. The molecule has 0 unspecified atom stereocenters. The van der Waals surface area contributed by atoms with E-state index in [-0.39, 0.29) is 18.1 Å². The molecule has 6 nitrogen and oxygen atoms in total. The molecule has 116 valence electrons. The molecule has 0 aliphatic rings. The Morgan fingerprint density at radius 2 is 2.04 bits per heavy atom. The standard InChI is InChI=1S/C16H13FN4O2/c17-13-4-2-1-3-11(13)7-12-5-10(8-18-12)6-14(22)15(23)16-19-9-20-21-16/h1-5,8-9,18H,6-7H2,(H,19,20,21). The first-order valence-electron chi connectivity index (χ1n) is 6.96. The lowest BCUT2D eigenvalue weighted by Gasteiger charge is -2.00. The summed E-state index contributed by atoms with van der Waals surface area (Å²) in [7, 11) is 0. The van der Waals surface area contributed by atoms with Gasteiger partial charge in [-0.3, -0.25) is 14.7 Å². The molecule has 0 atom stereocenters. The highest BCUT2D eigenvalue weighted by molar-refractivity contribution is 6.43. The summed E-state index contributed by atoms with van der Waals surface area (Å²) in [4.78, 5) is 30.4. The summed E-state index contributed by atoms with van der Waals surface area (Å²) >= 11 is 0. The van der Waals surface area contributed by atoms with Gasteiger partial charge in [0.2, 0.25) is 11.6 Å². The van der Waals surface area contributed by atoms with Crippen molar-refractivity contribution in [2.75, 3.05) is 0 Å². The van der Waals surface area contributed by atoms with E-state index in [1.165, 1.54) is 12.4 Å². The Bertz CT molecular complexity index is 839. The Morgan fingerprint density at radius 3 is 2.78 bits per heavy atom. The zero-order valence-electron chi connectivity index (χ0n) is 12.0. The molecule has 3 aromatic rings. The molecule has 0 amide bonds. The van der Waals surface area contributed by atoms with Crippen molar-refractivity contribution < 1.29 is 14.0 Å². The van der Waals surface area contributed by atoms with Gasteiger partial charge in [0.05, 0.1) is 0 Å². The largest absolute Gasteiger partial charge is 0.364 e. The number of rotatable bonds is 6. The van der Waals surface area contributed by atoms with E-state index in [0.29, 0.717) is 17.5 Å². The van der Waals surface area contributed by atoms with Gasteiger partial charge >= 0.3 is 0 Å². The predicted octanol–water partition coefficient (Wildman–Crippen LogP) is 1.86. The van der Waals surface area contributed by atoms with Crippen LogP contribution >= 0.6 is 0 Å². The molecule has 2 N–H and O–H groups in total. The minimum atomic E-state index is -0.733. The van der Waals surface area contributed by atoms with Gasteiger partial charge in [-0.25, -0.2) is 9.37 Å². The highest BCUT2D eigenvalue weighted by Crippen LogP contribution is 2.14. The number of nitrogens with zero attached hydrogens (tertiary/aromatic N) is 2. The van der Waals surface area contributed by atoms with Crippen molar-refractivity contribution in [3.63, 3.8) is 0 Å². The highest BCUT2D eigenvalue weighted by atomic mass is 19.1. The van der Waals surface area contributed by atoms with Crippen LogP contribution in [0.1, 0.15) is 27.4 Å². The first kappa shape index (κ1) is 14.8. The van der Waals surface area contributed by atoms with Crippen LogP contribution in [-0.4, -0.2) is 31.7 Å². The molecular formula is C16H13FN4O2. The fourth-order valence-electron chi connectivity index (χ4n) is 2.25. The Hall–Kier alpha value is -3.09. The van der Waals surface area contributed by atoms with Gasteiger partial charge < -0.3 is 4.98 Å². The highest BCUT2D eigenvalue weighted by Gasteiger charge is 2.20. The van der Waals surface area contributed by atoms with Crippen LogP contribution in [0.4, 0.5) is 4.39 Å². The second-order valence-electron chi connectivity index (χ2n) is 5.05. The number of hydrogen-bond donors (Lipinski definition) is 2. The molecule has 0 saturated carbocycles. The summed E-state index contributed by atoms with van der Waals surface area (Å²) in [6.45, 7) is 0. The maximum Gasteiger partial charge on any atom is 0.267 e. The molecule has 0 saturated heterocycles. The number of carbonyl (C=O) groups excluding carboxylic acids is 2. The monoisotopic (exact) mass is 312 g/mol. The van der Waals surface area contributed by atoms with E-state index in [0.717, 1.165) is 5.69 Å². The quantitative estimate of drug-likeness (QED) is 0.537. The summed E-state index contributed by atoms with van der Waals surface area (Å²) in [5, 5.41) is 5.98. The van der Waals surface area contributed by atoms with Crippen LogP contribution in [0.3, 0.4) is 0 Å². The van der Waals surface area contributed by atoms with Crippen molar-refractivity contribution in [3.05, 3.63) is 71.3 Å². The molecule has 0 bridgehead atoms. The van der Waals surface area contributed by atoms with Crippen molar-refractivity contribution in [3.8, 4) is 0 Å². The van der Waals surface area contributed by atoms with Crippen LogP contribution in [0.15, 0.2) is 42.9 Å². The van der Waals surface area contributed by atoms with Crippen molar-refractivity contribution in [1.29, 1.82) is 0 Å². The zero-order valence-corrected chi connectivity index (χ0v) is 12.0. The van der Waals surface area contributed by atoms with E-state index < -0.39 is 11.6 Å². The van der Waals surface area contributed by atoms with E-state index in [1.54, 1.807) is 30.5 Å². The number of H-pyrrole nitrogens is 2. The molecule has 23 heavy (non-hydrogen) atoms. The maximum atomic E-state index is 13.6. The van der Waals surface area contributed by atoms with Crippen molar-refractivity contribution >= 4 is 11.6 Å². The van der Waals surface area contributed by atoms with Gasteiger partial charge in [-0.15, -0.1) is 5.10 Å². The van der Waals surface area contributed by atoms with E-state index in [2.05, 4.69) is 20.2 Å². The normalized spacial score (nSPS) is 10.7. The third-order valence-electron chi connectivity index (χ3n) is 3.38. The van der Waals surface area contributed by atoms with Gasteiger partial charge in [-0.05, 0) is 23.3 Å². The second-order valence-corrected chi connectivity index (χ2v) is 5.05. The van der Waals surface area contributed by atoms with Crippen LogP contribution in [0.25, 0.3) is 0 Å². The molecule has 0 aliphatic carbocycles. The summed E-state index contributed by atoms with van der Waals surface area (Å²) in [6.07, 6.45) is 3.21. The molecule has 1 aromatic carbocycles. The minimum absolute atomic E-state index is 0.0544. The van der Waals surface area contributed by atoms with Crippen LogP contribution in [0.5, 0.6) is 0 Å². The van der Waals surface area contributed by atoms with Crippen molar-refractivity contribution in [2.24, 2.45) is 0 Å². The van der Waals surface area contributed by atoms with Gasteiger partial charge in [-0.2, -0.15) is 0 Å². The average Bonchev–Trinajstić information content (AvgIpc) is 3.21. The van der Waals surface area contributed by atoms with E-state index in [1.807, 2.05) is 0 Å². The third-order valence-corrected chi connectivity index (χ3v) is 3.38. The molecular weight excluding hydrogens is 299 g/mol. The number of Topliss-reactive ketones (excluding diaryl/α,β-unsaturated/α-hetero) is 2. The Labute approximate surface area is 130 Å². The second kappa shape index (κ2) is 6.35. The summed E-state index contributed by atoms with van der Waals surface area (Å²) in [5.74, 6) is -1.75. The fourth-order valence-corrected chi connectivity index (χ4v) is 2.25. The topological polar surface area (TPSA) is 91.5 Å². The molecule has 0 fully saturated rings. The van der Waals surface area contributed by atoms with Crippen LogP contribution in [-0.2, 0) is 17.6 Å². The average molecular weight is 312 g/mol. The summed E-state index contributed by atoms with van der Waals surface area (Å²) in [6, 6.07) is 8.25. The van der Waals surface area contributed by atoms with Gasteiger partial charge in [-0.1, -0.05) is 18.2 Å². The number of halogens is 1. The molecule has 0 radical (unpaired) electrons. The molecule has 2 heterocycles. The number of carbonyl (C=O) groups is 2. The van der Waals surface area contributed by atoms with E-state index in [4.69, 9.17) is 0 Å². The van der Waals surface area contributed by atoms with E-state index in [9.17, 15) is 14.0 Å². The zero-order chi connectivity index (χ0) is 16.2. The smallest absolute Gasteiger partial charge is 0.267 e. The van der Waals surface area contributed by atoms with Gasteiger partial charge in [0.25, 0.3) is 5.78 Å². The maximum absolute atomic E-state index is 13.6. The number of hydrogen-bond acceptors (Lipinski definition) is 4. The van der Waals surface area contributed by atoms with Crippen LogP contribution in [0.2, 0.25) is 0 Å². The molecule has 0 spiro atoms. The lowest BCUT2D eigenvalue weighted by molar-refractivity contribution is -0.114. The van der Waals surface area contributed by atoms with Crippen LogP contribution in [0, 0.1) is 5.82 Å². The molecule has 0 aliphatic heterocycles. The molecule has 7 heteroatoms. The predicted molar refractivity (Wildman–Crippen MR) is 79.4 cm³/mol. The van der Waals surface area contributed by atoms with Crippen molar-refractivity contribution in [1.82, 2.24) is 20.2 Å². The van der Waals surface area contributed by atoms with Crippen LogP contribution < -0.4 is 0 Å². The lowest BCUT2D eigenvalue weighted by atomic mass is 10.1. The Morgan fingerprint density at radius 1 is 1.22 bits per heavy atom. The molecule has 3 rings (SSSR count). The van der Waals surface area contributed by atoms with Gasteiger partial charge in [0, 0.05) is 24.7 Å². The number of aromatic nitrogens is 4. The number of benzene rings is 1. The van der Waals surface area contributed by atoms with E-state index >= 15 is 0 Å². The SMILES string of the molecule is O=C(Cc1c[nH]c(Cc2ccccc2F)c1)C(=O)c1nc[nH]n1. The Kier molecular flexibility index (Phi) is 4.09. The molecule has 2 aromatic heterocycles. The third kappa shape index (κ3) is 3.39.